The molecule has 6 heteroatoms. The second-order valence-corrected chi connectivity index (χ2v) is 5.01. The fourth-order valence-electron chi connectivity index (χ4n) is 2.39. The van der Waals surface area contributed by atoms with Gasteiger partial charge in [0.15, 0.2) is 0 Å². The SMILES string of the molecule is CCc1n[nH]c(=O)c(CNC(=O)c2cccc(C)n2)c1CC. The van der Waals surface area contributed by atoms with Gasteiger partial charge in [-0.05, 0) is 37.5 Å². The van der Waals surface area contributed by atoms with Gasteiger partial charge in [0, 0.05) is 17.8 Å². The van der Waals surface area contributed by atoms with Crippen molar-refractivity contribution in [1.29, 1.82) is 0 Å². The first-order chi connectivity index (χ1) is 10.6. The van der Waals surface area contributed by atoms with Gasteiger partial charge in [-0.25, -0.2) is 10.1 Å². The van der Waals surface area contributed by atoms with E-state index in [-0.39, 0.29) is 18.0 Å². The summed E-state index contributed by atoms with van der Waals surface area (Å²) < 4.78 is 0. The number of carbonyl (C=O) groups excluding carboxylic acids is 1. The summed E-state index contributed by atoms with van der Waals surface area (Å²) >= 11 is 0. The van der Waals surface area contributed by atoms with E-state index in [9.17, 15) is 9.59 Å². The van der Waals surface area contributed by atoms with Crippen LogP contribution in [0, 0.1) is 6.92 Å². The van der Waals surface area contributed by atoms with Crippen LogP contribution in [-0.2, 0) is 19.4 Å². The lowest BCUT2D eigenvalue weighted by Gasteiger charge is -2.11. The van der Waals surface area contributed by atoms with Crippen molar-refractivity contribution in [2.75, 3.05) is 0 Å². The first-order valence-electron chi connectivity index (χ1n) is 7.38. The van der Waals surface area contributed by atoms with Crippen molar-refractivity contribution in [3.63, 3.8) is 0 Å². The summed E-state index contributed by atoms with van der Waals surface area (Å²) in [6.45, 7) is 5.96. The zero-order chi connectivity index (χ0) is 16.1. The molecule has 2 aromatic rings. The fourth-order valence-corrected chi connectivity index (χ4v) is 2.39. The van der Waals surface area contributed by atoms with Gasteiger partial charge in [-0.2, -0.15) is 5.10 Å². The predicted octanol–water partition coefficient (Wildman–Crippen LogP) is 1.53. The number of nitrogens with zero attached hydrogens (tertiary/aromatic N) is 2. The van der Waals surface area contributed by atoms with Gasteiger partial charge in [-0.3, -0.25) is 9.59 Å². The van der Waals surface area contributed by atoms with E-state index >= 15 is 0 Å². The molecule has 1 amide bonds. The molecular formula is C16H20N4O2. The molecule has 0 aliphatic rings. The lowest BCUT2D eigenvalue weighted by Crippen LogP contribution is -2.29. The molecule has 0 bridgehead atoms. The number of pyridine rings is 1. The highest BCUT2D eigenvalue weighted by molar-refractivity contribution is 5.92. The van der Waals surface area contributed by atoms with Gasteiger partial charge < -0.3 is 5.32 Å². The Morgan fingerprint density at radius 3 is 2.64 bits per heavy atom. The minimum absolute atomic E-state index is 0.169. The number of hydrogen-bond donors (Lipinski definition) is 2. The Balaban J connectivity index is 2.21. The number of H-pyrrole nitrogens is 1. The molecule has 0 saturated carbocycles. The highest BCUT2D eigenvalue weighted by atomic mass is 16.2. The molecule has 0 radical (unpaired) electrons. The third kappa shape index (κ3) is 3.39. The van der Waals surface area contributed by atoms with Gasteiger partial charge >= 0.3 is 0 Å². The summed E-state index contributed by atoms with van der Waals surface area (Å²) in [6.07, 6.45) is 1.44. The Labute approximate surface area is 129 Å². The standard InChI is InChI=1S/C16H20N4O2/c1-4-11-12(15(21)20-19-13(11)5-2)9-17-16(22)14-8-6-7-10(3)18-14/h6-8H,4-5,9H2,1-3H3,(H,17,22)(H,20,21). The topological polar surface area (TPSA) is 87.7 Å². The van der Waals surface area contributed by atoms with Crippen molar-refractivity contribution in [3.05, 3.63) is 56.8 Å². The third-order valence-corrected chi connectivity index (χ3v) is 3.51. The van der Waals surface area contributed by atoms with Gasteiger partial charge in [-0.1, -0.05) is 19.9 Å². The molecule has 2 N–H and O–H groups in total. The van der Waals surface area contributed by atoms with E-state index in [1.165, 1.54) is 0 Å². The van der Waals surface area contributed by atoms with Crippen LogP contribution >= 0.6 is 0 Å². The van der Waals surface area contributed by atoms with Crippen molar-refractivity contribution in [2.45, 2.75) is 40.2 Å². The van der Waals surface area contributed by atoms with E-state index in [0.29, 0.717) is 17.7 Å². The molecule has 22 heavy (non-hydrogen) atoms. The first kappa shape index (κ1) is 15.9. The van der Waals surface area contributed by atoms with Crippen LogP contribution in [0.3, 0.4) is 0 Å². The largest absolute Gasteiger partial charge is 0.346 e. The first-order valence-corrected chi connectivity index (χ1v) is 7.38. The van der Waals surface area contributed by atoms with Crippen LogP contribution in [-0.4, -0.2) is 21.1 Å². The van der Waals surface area contributed by atoms with Crippen molar-refractivity contribution in [1.82, 2.24) is 20.5 Å². The number of rotatable bonds is 5. The van der Waals surface area contributed by atoms with E-state index < -0.39 is 0 Å². The van der Waals surface area contributed by atoms with Crippen LogP contribution in [0.15, 0.2) is 23.0 Å². The summed E-state index contributed by atoms with van der Waals surface area (Å²) in [6, 6.07) is 5.26. The highest BCUT2D eigenvalue weighted by Gasteiger charge is 2.14. The molecule has 0 fully saturated rings. The number of carbonyl (C=O) groups is 1. The van der Waals surface area contributed by atoms with Crippen molar-refractivity contribution < 1.29 is 4.79 Å². The summed E-state index contributed by atoms with van der Waals surface area (Å²) in [7, 11) is 0. The Kier molecular flexibility index (Phi) is 5.04. The molecule has 0 unspecified atom stereocenters. The van der Waals surface area contributed by atoms with E-state index in [2.05, 4.69) is 20.5 Å². The molecule has 0 saturated heterocycles. The van der Waals surface area contributed by atoms with Gasteiger partial charge in [0.25, 0.3) is 11.5 Å². The van der Waals surface area contributed by atoms with E-state index in [4.69, 9.17) is 0 Å². The molecular weight excluding hydrogens is 280 g/mol. The number of hydrogen-bond acceptors (Lipinski definition) is 4. The molecule has 0 aromatic carbocycles. The lowest BCUT2D eigenvalue weighted by molar-refractivity contribution is 0.0945. The summed E-state index contributed by atoms with van der Waals surface area (Å²) in [5.41, 5.74) is 3.20. The van der Waals surface area contributed by atoms with Gasteiger partial charge in [0.1, 0.15) is 5.69 Å². The molecule has 2 heterocycles. The smallest absolute Gasteiger partial charge is 0.270 e. The lowest BCUT2D eigenvalue weighted by atomic mass is 10.0. The minimum Gasteiger partial charge on any atom is -0.346 e. The molecule has 0 aliphatic carbocycles. The average Bonchev–Trinajstić information content (AvgIpc) is 2.53. The number of aromatic nitrogens is 3. The number of nitrogens with one attached hydrogen (secondary N) is 2. The maximum Gasteiger partial charge on any atom is 0.270 e. The van der Waals surface area contributed by atoms with Gasteiger partial charge in [-0.15, -0.1) is 0 Å². The minimum atomic E-state index is -0.292. The summed E-state index contributed by atoms with van der Waals surface area (Å²) in [5.74, 6) is -0.292. The van der Waals surface area contributed by atoms with Crippen molar-refractivity contribution >= 4 is 5.91 Å². The third-order valence-electron chi connectivity index (χ3n) is 3.51. The molecule has 0 spiro atoms. The van der Waals surface area contributed by atoms with E-state index in [1.807, 2.05) is 26.8 Å². The van der Waals surface area contributed by atoms with Crippen molar-refractivity contribution in [3.8, 4) is 0 Å². The van der Waals surface area contributed by atoms with Crippen LogP contribution < -0.4 is 10.9 Å². The Morgan fingerprint density at radius 1 is 1.23 bits per heavy atom. The molecule has 0 atom stereocenters. The predicted molar refractivity (Wildman–Crippen MR) is 83.8 cm³/mol. The summed E-state index contributed by atoms with van der Waals surface area (Å²) in [5, 5.41) is 9.32. The fraction of sp³-hybridized carbons (Fsp3) is 0.375. The van der Waals surface area contributed by atoms with Crippen molar-refractivity contribution in [2.24, 2.45) is 0 Å². The zero-order valence-electron chi connectivity index (χ0n) is 13.1. The second-order valence-electron chi connectivity index (χ2n) is 5.01. The molecule has 116 valence electrons. The number of aromatic amines is 1. The van der Waals surface area contributed by atoms with E-state index in [1.54, 1.807) is 12.1 Å². The number of aryl methyl sites for hydroxylation is 2. The average molecular weight is 300 g/mol. The molecule has 0 aliphatic heterocycles. The van der Waals surface area contributed by atoms with Crippen LogP contribution in [0.25, 0.3) is 0 Å². The quantitative estimate of drug-likeness (QED) is 0.876. The van der Waals surface area contributed by atoms with Crippen LogP contribution in [0.1, 0.15) is 46.9 Å². The van der Waals surface area contributed by atoms with Crippen LogP contribution in [0.2, 0.25) is 0 Å². The molecule has 2 aromatic heterocycles. The maximum absolute atomic E-state index is 12.1. The Hall–Kier alpha value is -2.50. The summed E-state index contributed by atoms with van der Waals surface area (Å²) in [4.78, 5) is 28.3. The monoisotopic (exact) mass is 300 g/mol. The maximum atomic E-state index is 12.1. The van der Waals surface area contributed by atoms with Crippen LogP contribution in [0.5, 0.6) is 0 Å². The molecule has 2 rings (SSSR count). The normalized spacial score (nSPS) is 10.5. The molecule has 6 nitrogen and oxygen atoms in total. The Morgan fingerprint density at radius 2 is 2.00 bits per heavy atom. The van der Waals surface area contributed by atoms with Gasteiger partial charge in [0.05, 0.1) is 5.69 Å². The van der Waals surface area contributed by atoms with Gasteiger partial charge in [0.2, 0.25) is 0 Å². The number of amides is 1. The second kappa shape index (κ2) is 6.98. The zero-order valence-corrected chi connectivity index (χ0v) is 13.1. The Bertz CT molecular complexity index is 737. The van der Waals surface area contributed by atoms with Crippen LogP contribution in [0.4, 0.5) is 0 Å². The highest BCUT2D eigenvalue weighted by Crippen LogP contribution is 2.10. The van der Waals surface area contributed by atoms with E-state index in [0.717, 1.165) is 23.4 Å².